The number of piperidine rings is 1. The van der Waals surface area contributed by atoms with Crippen molar-refractivity contribution < 1.29 is 4.79 Å². The second-order valence-corrected chi connectivity index (χ2v) is 8.66. The average Bonchev–Trinajstić information content (AvgIpc) is 2.97. The third-order valence-corrected chi connectivity index (χ3v) is 6.65. The van der Waals surface area contributed by atoms with E-state index in [-0.39, 0.29) is 16.7 Å². The molecule has 3 aromatic rings. The van der Waals surface area contributed by atoms with Gasteiger partial charge in [-0.05, 0) is 49.2 Å². The molecule has 0 unspecified atom stereocenters. The summed E-state index contributed by atoms with van der Waals surface area (Å²) in [5.74, 6) is -0.0204. The number of amides is 1. The Kier molecular flexibility index (Phi) is 5.53. The summed E-state index contributed by atoms with van der Waals surface area (Å²) in [5.41, 5.74) is 2.72. The predicted octanol–water partition coefficient (Wildman–Crippen LogP) is 4.10. The summed E-state index contributed by atoms with van der Waals surface area (Å²) in [4.78, 5) is 26.9. The van der Waals surface area contributed by atoms with Crippen molar-refractivity contribution in [2.24, 2.45) is 13.0 Å². The van der Waals surface area contributed by atoms with Crippen LogP contribution in [0.3, 0.4) is 0 Å². The largest absolute Gasteiger partial charge is 0.326 e. The lowest BCUT2D eigenvalue weighted by molar-refractivity contribution is -0.121. The van der Waals surface area contributed by atoms with Crippen LogP contribution in [0.5, 0.6) is 0 Å². The summed E-state index contributed by atoms with van der Waals surface area (Å²) in [6.45, 7) is 2.45. The number of hydrogen-bond acceptors (Lipinski definition) is 4. The van der Waals surface area contributed by atoms with Gasteiger partial charge < -0.3 is 9.88 Å². The molecule has 1 fully saturated rings. The van der Waals surface area contributed by atoms with Gasteiger partial charge in [-0.3, -0.25) is 14.5 Å². The number of anilines is 1. The van der Waals surface area contributed by atoms with Gasteiger partial charge in [-0.25, -0.2) is 0 Å². The molecule has 4 rings (SSSR count). The van der Waals surface area contributed by atoms with E-state index in [1.165, 1.54) is 11.3 Å². The van der Waals surface area contributed by atoms with Gasteiger partial charge in [0.1, 0.15) is 0 Å². The number of carbonyl (C=O) groups excluding carboxylic acids is 1. The van der Waals surface area contributed by atoms with Crippen LogP contribution in [0.2, 0.25) is 5.02 Å². The third kappa shape index (κ3) is 3.99. The molecule has 7 heteroatoms. The number of nitrogens with one attached hydrogen (secondary N) is 1. The highest BCUT2D eigenvalue weighted by Crippen LogP contribution is 2.25. The SMILES string of the molecule is Cn1c(=O)sc2cc(NC(=O)[C@H]3CCCN(Cc4ccccc4Cl)C3)ccc21. The van der Waals surface area contributed by atoms with Crippen molar-refractivity contribution in [3.8, 4) is 0 Å². The number of nitrogens with zero attached hydrogens (tertiary/aromatic N) is 2. The molecule has 0 radical (unpaired) electrons. The van der Waals surface area contributed by atoms with E-state index < -0.39 is 0 Å². The summed E-state index contributed by atoms with van der Waals surface area (Å²) in [7, 11) is 1.76. The van der Waals surface area contributed by atoms with E-state index in [4.69, 9.17) is 11.6 Å². The van der Waals surface area contributed by atoms with E-state index >= 15 is 0 Å². The molecule has 1 amide bonds. The highest BCUT2D eigenvalue weighted by atomic mass is 35.5. The minimum atomic E-state index is -0.0542. The predicted molar refractivity (Wildman–Crippen MR) is 115 cm³/mol. The van der Waals surface area contributed by atoms with E-state index in [1.807, 2.05) is 42.5 Å². The Morgan fingerprint density at radius 2 is 2.11 bits per heavy atom. The van der Waals surface area contributed by atoms with Crippen molar-refractivity contribution in [2.75, 3.05) is 18.4 Å². The Hall–Kier alpha value is -2.15. The average molecular weight is 416 g/mol. The molecule has 1 aliphatic heterocycles. The molecule has 1 N–H and O–H groups in total. The van der Waals surface area contributed by atoms with Gasteiger partial charge in [0.2, 0.25) is 5.91 Å². The maximum Gasteiger partial charge on any atom is 0.307 e. The number of likely N-dealkylation sites (tertiary alicyclic amines) is 1. The fraction of sp³-hybridized carbons (Fsp3) is 0.333. The van der Waals surface area contributed by atoms with Crippen molar-refractivity contribution in [2.45, 2.75) is 19.4 Å². The zero-order valence-corrected chi connectivity index (χ0v) is 17.2. The van der Waals surface area contributed by atoms with Crippen LogP contribution in [-0.2, 0) is 18.4 Å². The second kappa shape index (κ2) is 8.07. The third-order valence-electron chi connectivity index (χ3n) is 5.29. The van der Waals surface area contributed by atoms with Gasteiger partial charge in [0.15, 0.2) is 0 Å². The molecule has 146 valence electrons. The van der Waals surface area contributed by atoms with Crippen LogP contribution in [0.1, 0.15) is 18.4 Å². The van der Waals surface area contributed by atoms with Gasteiger partial charge in [0.25, 0.3) is 0 Å². The van der Waals surface area contributed by atoms with Gasteiger partial charge in [0, 0.05) is 30.8 Å². The molecule has 28 heavy (non-hydrogen) atoms. The molecule has 0 spiro atoms. The molecule has 1 aromatic heterocycles. The lowest BCUT2D eigenvalue weighted by Crippen LogP contribution is -2.40. The summed E-state index contributed by atoms with van der Waals surface area (Å²) in [5, 5.41) is 3.80. The molecule has 1 atom stereocenters. The minimum absolute atomic E-state index is 0.000900. The number of thiazole rings is 1. The number of rotatable bonds is 4. The highest BCUT2D eigenvalue weighted by molar-refractivity contribution is 7.16. The first-order valence-electron chi connectivity index (χ1n) is 9.37. The molecular weight excluding hydrogens is 394 g/mol. The van der Waals surface area contributed by atoms with Gasteiger partial charge in [-0.1, -0.05) is 41.1 Å². The molecule has 5 nitrogen and oxygen atoms in total. The standard InChI is InChI=1S/C21H22ClN3O2S/c1-24-18-9-8-16(11-19(18)28-21(24)27)23-20(26)15-6-4-10-25(13-15)12-14-5-2-3-7-17(14)22/h2-3,5,7-9,11,15H,4,6,10,12-13H2,1H3,(H,23,26)/t15-/m0/s1. The Morgan fingerprint density at radius 1 is 1.29 bits per heavy atom. The number of aromatic nitrogens is 1. The fourth-order valence-corrected chi connectivity index (χ4v) is 4.85. The molecule has 0 aliphatic carbocycles. The zero-order valence-electron chi connectivity index (χ0n) is 15.7. The van der Waals surface area contributed by atoms with Crippen molar-refractivity contribution in [1.82, 2.24) is 9.47 Å². The lowest BCUT2D eigenvalue weighted by Gasteiger charge is -2.32. The zero-order chi connectivity index (χ0) is 19.7. The summed E-state index contributed by atoms with van der Waals surface area (Å²) in [6, 6.07) is 13.5. The Bertz CT molecular complexity index is 1070. The molecular formula is C21H22ClN3O2S. The first kappa shape index (κ1) is 19.2. The summed E-state index contributed by atoms with van der Waals surface area (Å²) < 4.78 is 2.51. The Labute approximate surface area is 172 Å². The number of benzene rings is 2. The van der Waals surface area contributed by atoms with E-state index in [2.05, 4.69) is 10.2 Å². The number of aryl methyl sites for hydroxylation is 1. The maximum absolute atomic E-state index is 12.8. The Balaban J connectivity index is 1.43. The smallest absolute Gasteiger partial charge is 0.307 e. The van der Waals surface area contributed by atoms with Crippen LogP contribution in [0.4, 0.5) is 5.69 Å². The van der Waals surface area contributed by atoms with Crippen LogP contribution < -0.4 is 10.2 Å². The quantitative estimate of drug-likeness (QED) is 0.697. The molecule has 1 aliphatic rings. The van der Waals surface area contributed by atoms with Crippen LogP contribution >= 0.6 is 22.9 Å². The monoisotopic (exact) mass is 415 g/mol. The van der Waals surface area contributed by atoms with Crippen LogP contribution in [0.25, 0.3) is 10.2 Å². The number of halogens is 1. The molecule has 2 aromatic carbocycles. The van der Waals surface area contributed by atoms with Crippen LogP contribution in [0.15, 0.2) is 47.3 Å². The van der Waals surface area contributed by atoms with Crippen molar-refractivity contribution in [1.29, 1.82) is 0 Å². The van der Waals surface area contributed by atoms with Gasteiger partial charge in [-0.15, -0.1) is 0 Å². The molecule has 2 heterocycles. The lowest BCUT2D eigenvalue weighted by atomic mass is 9.96. The van der Waals surface area contributed by atoms with Crippen LogP contribution in [-0.4, -0.2) is 28.5 Å². The normalized spacial score (nSPS) is 17.7. The van der Waals surface area contributed by atoms with E-state index in [0.29, 0.717) is 0 Å². The van der Waals surface area contributed by atoms with E-state index in [1.54, 1.807) is 11.6 Å². The van der Waals surface area contributed by atoms with Gasteiger partial charge in [-0.2, -0.15) is 0 Å². The second-order valence-electron chi connectivity index (χ2n) is 7.26. The van der Waals surface area contributed by atoms with Gasteiger partial charge in [0.05, 0.1) is 16.1 Å². The van der Waals surface area contributed by atoms with Gasteiger partial charge >= 0.3 is 4.87 Å². The number of fused-ring (bicyclic) bond motifs is 1. The van der Waals surface area contributed by atoms with E-state index in [9.17, 15) is 9.59 Å². The molecule has 1 saturated heterocycles. The molecule has 0 saturated carbocycles. The van der Waals surface area contributed by atoms with E-state index in [0.717, 1.165) is 59.0 Å². The highest BCUT2D eigenvalue weighted by Gasteiger charge is 2.26. The number of hydrogen-bond donors (Lipinski definition) is 1. The van der Waals surface area contributed by atoms with Crippen molar-refractivity contribution in [3.05, 3.63) is 62.7 Å². The summed E-state index contributed by atoms with van der Waals surface area (Å²) in [6.07, 6.45) is 1.87. The topological polar surface area (TPSA) is 54.3 Å². The fourth-order valence-electron chi connectivity index (χ4n) is 3.74. The first-order chi connectivity index (χ1) is 13.5. The minimum Gasteiger partial charge on any atom is -0.326 e. The van der Waals surface area contributed by atoms with Crippen LogP contribution in [0, 0.1) is 5.92 Å². The van der Waals surface area contributed by atoms with Crippen molar-refractivity contribution in [3.63, 3.8) is 0 Å². The maximum atomic E-state index is 12.8. The number of carbonyl (C=O) groups is 1. The first-order valence-corrected chi connectivity index (χ1v) is 10.6. The molecule has 0 bridgehead atoms. The van der Waals surface area contributed by atoms with Crippen molar-refractivity contribution >= 4 is 44.7 Å². The summed E-state index contributed by atoms with van der Waals surface area (Å²) >= 11 is 7.48. The Morgan fingerprint density at radius 3 is 2.93 bits per heavy atom.